The van der Waals surface area contributed by atoms with Gasteiger partial charge in [-0.05, 0) is 25.0 Å². The minimum absolute atomic E-state index is 0.147. The first-order valence-corrected chi connectivity index (χ1v) is 5.31. The van der Waals surface area contributed by atoms with Gasteiger partial charge in [0, 0.05) is 0 Å². The monoisotopic (exact) mass is 223 g/mol. The smallest absolute Gasteiger partial charge is 0.203 e. The van der Waals surface area contributed by atoms with Crippen LogP contribution >= 0.6 is 0 Å². The Labute approximate surface area is 95.3 Å². The standard InChI is InChI=1S/C12H17NO3/c1-14-9-4-3-5-10(15-2)11(9)16-8-12(13)6-7-12/h3-5H,6-8,13H2,1-2H3. The zero-order valence-corrected chi connectivity index (χ0v) is 9.66. The number of methoxy groups -OCH3 is 2. The predicted octanol–water partition coefficient (Wildman–Crippen LogP) is 1.57. The molecule has 88 valence electrons. The van der Waals surface area contributed by atoms with Gasteiger partial charge in [-0.1, -0.05) is 6.07 Å². The Morgan fingerprint density at radius 1 is 1.19 bits per heavy atom. The molecule has 1 aliphatic rings. The first kappa shape index (κ1) is 11.1. The van der Waals surface area contributed by atoms with Gasteiger partial charge in [0.15, 0.2) is 11.5 Å². The largest absolute Gasteiger partial charge is 0.493 e. The molecule has 0 spiro atoms. The summed E-state index contributed by atoms with van der Waals surface area (Å²) in [6, 6.07) is 5.54. The van der Waals surface area contributed by atoms with E-state index in [1.54, 1.807) is 14.2 Å². The average molecular weight is 223 g/mol. The summed E-state index contributed by atoms with van der Waals surface area (Å²) in [5.74, 6) is 1.97. The first-order valence-electron chi connectivity index (χ1n) is 5.31. The van der Waals surface area contributed by atoms with E-state index < -0.39 is 0 Å². The Bertz CT molecular complexity index is 352. The molecule has 2 rings (SSSR count). The maximum atomic E-state index is 5.97. The topological polar surface area (TPSA) is 53.7 Å². The third-order valence-electron chi connectivity index (χ3n) is 2.78. The van der Waals surface area contributed by atoms with Crippen molar-refractivity contribution in [2.75, 3.05) is 20.8 Å². The molecule has 0 unspecified atom stereocenters. The zero-order valence-electron chi connectivity index (χ0n) is 9.66. The Hall–Kier alpha value is -1.42. The van der Waals surface area contributed by atoms with Crippen LogP contribution in [0, 0.1) is 0 Å². The summed E-state index contributed by atoms with van der Waals surface area (Å²) >= 11 is 0. The predicted molar refractivity (Wildman–Crippen MR) is 61.2 cm³/mol. The van der Waals surface area contributed by atoms with Crippen LogP contribution in [0.4, 0.5) is 0 Å². The van der Waals surface area contributed by atoms with Gasteiger partial charge in [-0.25, -0.2) is 0 Å². The minimum Gasteiger partial charge on any atom is -0.493 e. The van der Waals surface area contributed by atoms with E-state index in [1.165, 1.54) is 0 Å². The quantitative estimate of drug-likeness (QED) is 0.823. The molecule has 1 aliphatic carbocycles. The molecule has 4 heteroatoms. The highest BCUT2D eigenvalue weighted by Crippen LogP contribution is 2.39. The third-order valence-corrected chi connectivity index (χ3v) is 2.78. The van der Waals surface area contributed by atoms with Crippen molar-refractivity contribution in [3.8, 4) is 17.2 Å². The second kappa shape index (κ2) is 4.22. The molecule has 2 N–H and O–H groups in total. The SMILES string of the molecule is COc1cccc(OC)c1OCC1(N)CC1. The van der Waals surface area contributed by atoms with Crippen molar-refractivity contribution in [2.45, 2.75) is 18.4 Å². The number of hydrogen-bond donors (Lipinski definition) is 1. The molecule has 1 saturated carbocycles. The van der Waals surface area contributed by atoms with Crippen LogP contribution in [0.2, 0.25) is 0 Å². The highest BCUT2D eigenvalue weighted by molar-refractivity contribution is 5.51. The van der Waals surface area contributed by atoms with Crippen molar-refractivity contribution in [1.82, 2.24) is 0 Å². The molecule has 1 aromatic rings. The van der Waals surface area contributed by atoms with Crippen LogP contribution < -0.4 is 19.9 Å². The van der Waals surface area contributed by atoms with Crippen LogP contribution in [-0.2, 0) is 0 Å². The molecule has 0 saturated heterocycles. The van der Waals surface area contributed by atoms with Crippen molar-refractivity contribution in [2.24, 2.45) is 5.73 Å². The molecule has 0 atom stereocenters. The average Bonchev–Trinajstić information content (AvgIpc) is 3.04. The fraction of sp³-hybridized carbons (Fsp3) is 0.500. The van der Waals surface area contributed by atoms with E-state index in [2.05, 4.69) is 0 Å². The lowest BCUT2D eigenvalue weighted by atomic mass is 10.3. The van der Waals surface area contributed by atoms with Crippen LogP contribution in [0.15, 0.2) is 18.2 Å². The van der Waals surface area contributed by atoms with Crippen molar-refractivity contribution in [3.05, 3.63) is 18.2 Å². The van der Waals surface area contributed by atoms with Crippen molar-refractivity contribution in [3.63, 3.8) is 0 Å². The number of nitrogens with two attached hydrogens (primary N) is 1. The number of benzene rings is 1. The van der Waals surface area contributed by atoms with Crippen LogP contribution in [0.5, 0.6) is 17.2 Å². The van der Waals surface area contributed by atoms with E-state index in [0.717, 1.165) is 12.8 Å². The second-order valence-corrected chi connectivity index (χ2v) is 4.14. The molecule has 0 heterocycles. The maximum Gasteiger partial charge on any atom is 0.203 e. The molecular formula is C12H17NO3. The van der Waals surface area contributed by atoms with Crippen LogP contribution in [0.1, 0.15) is 12.8 Å². The van der Waals surface area contributed by atoms with Crippen molar-refractivity contribution >= 4 is 0 Å². The number of hydrogen-bond acceptors (Lipinski definition) is 4. The molecule has 1 fully saturated rings. The second-order valence-electron chi connectivity index (χ2n) is 4.14. The van der Waals surface area contributed by atoms with E-state index in [1.807, 2.05) is 18.2 Å². The maximum absolute atomic E-state index is 5.97. The zero-order chi connectivity index (χ0) is 11.6. The van der Waals surface area contributed by atoms with Gasteiger partial charge in [-0.3, -0.25) is 0 Å². The molecule has 0 aliphatic heterocycles. The molecule has 0 aromatic heterocycles. The Morgan fingerprint density at radius 2 is 1.75 bits per heavy atom. The molecule has 0 bridgehead atoms. The van der Waals surface area contributed by atoms with Gasteiger partial charge in [0.1, 0.15) is 6.61 Å². The number of para-hydroxylation sites is 1. The molecule has 0 amide bonds. The fourth-order valence-corrected chi connectivity index (χ4v) is 1.48. The normalized spacial score (nSPS) is 16.7. The van der Waals surface area contributed by atoms with E-state index in [0.29, 0.717) is 23.9 Å². The lowest BCUT2D eigenvalue weighted by molar-refractivity contribution is 0.249. The highest BCUT2D eigenvalue weighted by Gasteiger charge is 2.39. The van der Waals surface area contributed by atoms with Gasteiger partial charge < -0.3 is 19.9 Å². The molecule has 4 nitrogen and oxygen atoms in total. The van der Waals surface area contributed by atoms with Gasteiger partial charge in [-0.2, -0.15) is 0 Å². The highest BCUT2D eigenvalue weighted by atomic mass is 16.5. The lowest BCUT2D eigenvalue weighted by Gasteiger charge is -2.16. The lowest BCUT2D eigenvalue weighted by Crippen LogP contribution is -2.29. The van der Waals surface area contributed by atoms with Crippen LogP contribution in [0.3, 0.4) is 0 Å². The van der Waals surface area contributed by atoms with E-state index in [4.69, 9.17) is 19.9 Å². The number of ether oxygens (including phenoxy) is 3. The van der Waals surface area contributed by atoms with Gasteiger partial charge in [0.25, 0.3) is 0 Å². The summed E-state index contributed by atoms with van der Waals surface area (Å²) in [6.07, 6.45) is 2.04. The van der Waals surface area contributed by atoms with Crippen molar-refractivity contribution < 1.29 is 14.2 Å². The Balaban J connectivity index is 2.15. The summed E-state index contributed by atoms with van der Waals surface area (Å²) in [7, 11) is 3.22. The Kier molecular flexibility index (Phi) is 2.92. The van der Waals surface area contributed by atoms with E-state index >= 15 is 0 Å². The van der Waals surface area contributed by atoms with Crippen molar-refractivity contribution in [1.29, 1.82) is 0 Å². The molecule has 16 heavy (non-hydrogen) atoms. The number of rotatable bonds is 5. The summed E-state index contributed by atoms with van der Waals surface area (Å²) in [5, 5.41) is 0. The molecular weight excluding hydrogens is 206 g/mol. The van der Waals surface area contributed by atoms with E-state index in [9.17, 15) is 0 Å². The van der Waals surface area contributed by atoms with Gasteiger partial charge in [0.05, 0.1) is 19.8 Å². The summed E-state index contributed by atoms with van der Waals surface area (Å²) < 4.78 is 16.2. The Morgan fingerprint density at radius 3 is 2.19 bits per heavy atom. The summed E-state index contributed by atoms with van der Waals surface area (Å²) in [6.45, 7) is 0.504. The van der Waals surface area contributed by atoms with Gasteiger partial charge in [0.2, 0.25) is 5.75 Å². The van der Waals surface area contributed by atoms with Crippen LogP contribution in [0.25, 0.3) is 0 Å². The van der Waals surface area contributed by atoms with Gasteiger partial charge >= 0.3 is 0 Å². The summed E-state index contributed by atoms with van der Waals surface area (Å²) in [5.41, 5.74) is 5.82. The first-order chi connectivity index (χ1) is 7.68. The fourth-order valence-electron chi connectivity index (χ4n) is 1.48. The molecule has 0 radical (unpaired) electrons. The minimum atomic E-state index is -0.147. The summed E-state index contributed by atoms with van der Waals surface area (Å²) in [4.78, 5) is 0. The van der Waals surface area contributed by atoms with E-state index in [-0.39, 0.29) is 5.54 Å². The third kappa shape index (κ3) is 2.22. The van der Waals surface area contributed by atoms with Gasteiger partial charge in [-0.15, -0.1) is 0 Å². The molecule has 1 aromatic carbocycles. The van der Waals surface area contributed by atoms with Crippen LogP contribution in [-0.4, -0.2) is 26.4 Å².